The van der Waals surface area contributed by atoms with E-state index in [9.17, 15) is 9.59 Å². The van der Waals surface area contributed by atoms with Crippen LogP contribution in [0.25, 0.3) is 0 Å². The molecule has 0 saturated carbocycles. The van der Waals surface area contributed by atoms with Crippen LogP contribution in [0.4, 0.5) is 5.69 Å². The number of aromatic nitrogens is 1. The molecule has 1 N–H and O–H groups in total. The fraction of sp³-hybridized carbons (Fsp3) is 0.217. The molecule has 28 heavy (non-hydrogen) atoms. The predicted octanol–water partition coefficient (Wildman–Crippen LogP) is 3.62. The lowest BCUT2D eigenvalue weighted by atomic mass is 9.99. The van der Waals surface area contributed by atoms with Gasteiger partial charge in [-0.25, -0.2) is 0 Å². The summed E-state index contributed by atoms with van der Waals surface area (Å²) in [7, 11) is 0. The van der Waals surface area contributed by atoms with E-state index in [-0.39, 0.29) is 17.9 Å². The summed E-state index contributed by atoms with van der Waals surface area (Å²) in [6, 6.07) is 21.7. The number of rotatable bonds is 4. The van der Waals surface area contributed by atoms with Crippen molar-refractivity contribution < 1.29 is 9.59 Å². The molecule has 0 radical (unpaired) electrons. The molecule has 0 fully saturated rings. The maximum Gasteiger partial charge on any atom is 0.227 e. The van der Waals surface area contributed by atoms with E-state index in [0.29, 0.717) is 13.0 Å². The molecule has 0 saturated heterocycles. The highest BCUT2D eigenvalue weighted by molar-refractivity contribution is 5.88. The number of hydrogen-bond acceptors (Lipinski definition) is 2. The number of nitrogens with one attached hydrogen (secondary N) is 1. The lowest BCUT2D eigenvalue weighted by molar-refractivity contribution is -0.133. The van der Waals surface area contributed by atoms with Gasteiger partial charge in [0.15, 0.2) is 0 Å². The number of nitrogens with zero attached hydrogens (tertiary/aromatic N) is 2. The summed E-state index contributed by atoms with van der Waals surface area (Å²) < 4.78 is 2.23. The van der Waals surface area contributed by atoms with Crippen LogP contribution in [0.2, 0.25) is 0 Å². The Bertz CT molecular complexity index is 977. The van der Waals surface area contributed by atoms with Crippen LogP contribution in [0.1, 0.15) is 29.8 Å². The van der Waals surface area contributed by atoms with E-state index in [1.54, 1.807) is 0 Å². The molecular weight excluding hydrogens is 350 g/mol. The number of hydrogen-bond donors (Lipinski definition) is 1. The van der Waals surface area contributed by atoms with Crippen molar-refractivity contribution >= 4 is 17.5 Å². The number of fused-ring (bicyclic) bond motifs is 1. The summed E-state index contributed by atoms with van der Waals surface area (Å²) >= 11 is 0. The van der Waals surface area contributed by atoms with Crippen LogP contribution < -0.4 is 5.32 Å². The summed E-state index contributed by atoms with van der Waals surface area (Å²) in [5, 5.41) is 2.75. The van der Waals surface area contributed by atoms with Crippen molar-refractivity contribution in [2.24, 2.45) is 0 Å². The summed E-state index contributed by atoms with van der Waals surface area (Å²) in [4.78, 5) is 26.3. The summed E-state index contributed by atoms with van der Waals surface area (Å²) in [6.45, 7) is 2.97. The molecule has 3 aromatic rings. The molecule has 0 bridgehead atoms. The molecule has 1 aromatic heterocycles. The second kappa shape index (κ2) is 7.72. The fourth-order valence-corrected chi connectivity index (χ4v) is 3.82. The van der Waals surface area contributed by atoms with Gasteiger partial charge in [0.25, 0.3) is 0 Å². The van der Waals surface area contributed by atoms with Gasteiger partial charge in [-0.05, 0) is 35.4 Å². The minimum absolute atomic E-state index is 0.0731. The van der Waals surface area contributed by atoms with Crippen molar-refractivity contribution in [2.75, 3.05) is 11.9 Å². The smallest absolute Gasteiger partial charge is 0.227 e. The Labute approximate surface area is 164 Å². The molecule has 5 nitrogen and oxygen atoms in total. The first-order valence-corrected chi connectivity index (χ1v) is 9.48. The van der Waals surface area contributed by atoms with Gasteiger partial charge in [-0.1, -0.05) is 42.5 Å². The normalized spacial score (nSPS) is 15.8. The van der Waals surface area contributed by atoms with Gasteiger partial charge in [-0.15, -0.1) is 0 Å². The zero-order chi connectivity index (χ0) is 19.5. The van der Waals surface area contributed by atoms with Crippen LogP contribution in [-0.4, -0.2) is 27.8 Å². The van der Waals surface area contributed by atoms with Crippen molar-refractivity contribution in [3.05, 3.63) is 89.7 Å². The molecule has 0 aliphatic carbocycles. The Kier molecular flexibility index (Phi) is 4.98. The zero-order valence-electron chi connectivity index (χ0n) is 15.8. The summed E-state index contributed by atoms with van der Waals surface area (Å²) in [5.74, 6) is -0.000529. The molecule has 1 aliphatic heterocycles. The molecule has 4 rings (SSSR count). The van der Waals surface area contributed by atoms with Gasteiger partial charge in [-0.3, -0.25) is 9.59 Å². The van der Waals surface area contributed by atoms with Crippen molar-refractivity contribution in [2.45, 2.75) is 25.9 Å². The van der Waals surface area contributed by atoms with E-state index < -0.39 is 0 Å². The molecule has 1 unspecified atom stereocenters. The lowest BCUT2D eigenvalue weighted by Crippen LogP contribution is -2.43. The van der Waals surface area contributed by atoms with Gasteiger partial charge >= 0.3 is 0 Å². The molecule has 2 aromatic carbocycles. The Morgan fingerprint density at radius 3 is 2.43 bits per heavy atom. The van der Waals surface area contributed by atoms with Gasteiger partial charge < -0.3 is 14.8 Å². The number of anilines is 1. The Morgan fingerprint density at radius 2 is 1.71 bits per heavy atom. The van der Waals surface area contributed by atoms with Crippen LogP contribution >= 0.6 is 0 Å². The maximum atomic E-state index is 13.2. The minimum Gasteiger partial charge on any atom is -0.348 e. The van der Waals surface area contributed by atoms with Crippen molar-refractivity contribution in [3.63, 3.8) is 0 Å². The second-order valence-electron chi connectivity index (χ2n) is 7.08. The van der Waals surface area contributed by atoms with E-state index in [1.807, 2.05) is 53.4 Å². The number of carbonyl (C=O) groups is 2. The average molecular weight is 373 g/mol. The molecule has 2 heterocycles. The first-order chi connectivity index (χ1) is 13.6. The summed E-state index contributed by atoms with van der Waals surface area (Å²) in [5.41, 5.74) is 3.94. The van der Waals surface area contributed by atoms with Gasteiger partial charge in [0.1, 0.15) is 0 Å². The molecule has 5 heteroatoms. The van der Waals surface area contributed by atoms with E-state index in [4.69, 9.17) is 0 Å². The van der Waals surface area contributed by atoms with Gasteiger partial charge in [0.05, 0.1) is 12.5 Å². The van der Waals surface area contributed by atoms with Crippen molar-refractivity contribution in [1.29, 1.82) is 0 Å². The van der Waals surface area contributed by atoms with Gasteiger partial charge in [0.2, 0.25) is 11.8 Å². The number of carbonyl (C=O) groups excluding carboxylic acids is 2. The van der Waals surface area contributed by atoms with Crippen LogP contribution in [0.3, 0.4) is 0 Å². The maximum absolute atomic E-state index is 13.2. The van der Waals surface area contributed by atoms with Crippen LogP contribution in [-0.2, 0) is 22.6 Å². The van der Waals surface area contributed by atoms with E-state index in [0.717, 1.165) is 29.1 Å². The summed E-state index contributed by atoms with van der Waals surface area (Å²) in [6.07, 6.45) is 2.41. The van der Waals surface area contributed by atoms with E-state index in [2.05, 4.69) is 34.3 Å². The predicted molar refractivity (Wildman–Crippen MR) is 109 cm³/mol. The van der Waals surface area contributed by atoms with Crippen molar-refractivity contribution in [1.82, 2.24) is 9.47 Å². The highest BCUT2D eigenvalue weighted by Gasteiger charge is 2.31. The average Bonchev–Trinajstić information content (AvgIpc) is 3.18. The quantitative estimate of drug-likeness (QED) is 0.759. The van der Waals surface area contributed by atoms with Crippen LogP contribution in [0.15, 0.2) is 72.9 Å². The lowest BCUT2D eigenvalue weighted by Gasteiger charge is -2.37. The number of benzene rings is 2. The fourth-order valence-electron chi connectivity index (χ4n) is 3.82. The minimum atomic E-state index is -0.106. The molecule has 1 atom stereocenters. The highest BCUT2D eigenvalue weighted by atomic mass is 16.2. The van der Waals surface area contributed by atoms with Gasteiger partial charge in [0, 0.05) is 37.6 Å². The third-order valence-electron chi connectivity index (χ3n) is 5.10. The zero-order valence-corrected chi connectivity index (χ0v) is 15.8. The molecular formula is C23H23N3O2. The Morgan fingerprint density at radius 1 is 0.964 bits per heavy atom. The third kappa shape index (κ3) is 3.69. The van der Waals surface area contributed by atoms with E-state index >= 15 is 0 Å². The van der Waals surface area contributed by atoms with Crippen LogP contribution in [0.5, 0.6) is 0 Å². The molecule has 2 amide bonds. The monoisotopic (exact) mass is 373 g/mol. The second-order valence-corrected chi connectivity index (χ2v) is 7.08. The highest BCUT2D eigenvalue weighted by Crippen LogP contribution is 2.32. The van der Waals surface area contributed by atoms with E-state index in [1.165, 1.54) is 6.92 Å². The Balaban J connectivity index is 1.57. The Hall–Kier alpha value is -3.34. The topological polar surface area (TPSA) is 54.3 Å². The first-order valence-electron chi connectivity index (χ1n) is 9.48. The standard InChI is InChI=1S/C23H23N3O2/c1-17(27)24-20-11-9-18(10-12-20)16-22(28)26-15-14-25-13-5-8-21(25)23(26)19-6-3-2-4-7-19/h2-13,23H,14-16H2,1H3,(H,24,27). The SMILES string of the molecule is CC(=O)Nc1ccc(CC(=O)N2CCn3cccc3C2c2ccccc2)cc1. The molecule has 142 valence electrons. The molecule has 1 aliphatic rings. The largest absolute Gasteiger partial charge is 0.348 e. The van der Waals surface area contributed by atoms with Gasteiger partial charge in [-0.2, -0.15) is 0 Å². The molecule has 0 spiro atoms. The number of amides is 2. The van der Waals surface area contributed by atoms with Crippen molar-refractivity contribution in [3.8, 4) is 0 Å². The third-order valence-corrected chi connectivity index (χ3v) is 5.10. The first kappa shape index (κ1) is 18.0. The van der Waals surface area contributed by atoms with Crippen LogP contribution in [0, 0.1) is 0 Å².